The molecule has 1 atom stereocenters. The maximum absolute atomic E-state index is 12.1. The molecule has 3 rings (SSSR count). The average molecular weight is 307 g/mol. The molecule has 110 valence electrons. The fourth-order valence-corrected chi connectivity index (χ4v) is 2.47. The molecule has 0 saturated carbocycles. The first-order valence-electron chi connectivity index (χ1n) is 6.78. The molecule has 1 saturated heterocycles. The van der Waals surface area contributed by atoms with E-state index in [1.807, 2.05) is 12.1 Å². The number of nitrogens with zero attached hydrogens (tertiary/aromatic N) is 2. The second-order valence-electron chi connectivity index (χ2n) is 5.11. The van der Waals surface area contributed by atoms with Crippen molar-refractivity contribution in [1.82, 2.24) is 9.88 Å². The fourth-order valence-electron chi connectivity index (χ4n) is 2.35. The Morgan fingerprint density at radius 1 is 1.43 bits per heavy atom. The van der Waals surface area contributed by atoms with Crippen molar-refractivity contribution in [3.05, 3.63) is 41.2 Å². The average Bonchev–Trinajstić information content (AvgIpc) is 3.09. The zero-order chi connectivity index (χ0) is 14.8. The number of rotatable bonds is 3. The molecule has 2 aromatic rings. The van der Waals surface area contributed by atoms with Crippen LogP contribution in [0.15, 0.2) is 34.9 Å². The van der Waals surface area contributed by atoms with E-state index in [9.17, 15) is 9.90 Å². The number of carbonyl (C=O) groups excluding carboxylic acids is 1. The molecule has 1 N–H and O–H groups in total. The zero-order valence-electron chi connectivity index (χ0n) is 11.3. The number of hydrogen-bond donors (Lipinski definition) is 1. The van der Waals surface area contributed by atoms with Crippen LogP contribution in [0.1, 0.15) is 12.1 Å². The van der Waals surface area contributed by atoms with Crippen LogP contribution in [0.4, 0.5) is 0 Å². The van der Waals surface area contributed by atoms with Crippen LogP contribution in [0, 0.1) is 0 Å². The minimum atomic E-state index is -0.407. The first-order valence-corrected chi connectivity index (χ1v) is 7.16. The Kier molecular flexibility index (Phi) is 3.94. The molecule has 0 unspecified atom stereocenters. The van der Waals surface area contributed by atoms with Gasteiger partial charge in [-0.1, -0.05) is 11.6 Å². The van der Waals surface area contributed by atoms with Gasteiger partial charge in [-0.05, 0) is 30.7 Å². The number of aromatic nitrogens is 1. The quantitative estimate of drug-likeness (QED) is 0.943. The van der Waals surface area contributed by atoms with E-state index in [0.29, 0.717) is 36.1 Å². The monoisotopic (exact) mass is 306 g/mol. The molecule has 2 heterocycles. The number of β-amino-alcohol motifs (C(OH)–C–C–N with tert-alkyl or cyclic N) is 1. The van der Waals surface area contributed by atoms with E-state index >= 15 is 0 Å². The summed E-state index contributed by atoms with van der Waals surface area (Å²) in [7, 11) is 0. The number of carbonyl (C=O) groups is 1. The number of hydrogen-bond acceptors (Lipinski definition) is 4. The summed E-state index contributed by atoms with van der Waals surface area (Å²) < 4.78 is 5.40. The highest BCUT2D eigenvalue weighted by Gasteiger charge is 2.25. The highest BCUT2D eigenvalue weighted by Crippen LogP contribution is 2.21. The molecule has 6 heteroatoms. The van der Waals surface area contributed by atoms with E-state index in [1.54, 1.807) is 17.0 Å². The smallest absolute Gasteiger partial charge is 0.228 e. The Bertz CT molecular complexity index is 639. The summed E-state index contributed by atoms with van der Waals surface area (Å²) in [4.78, 5) is 18.0. The van der Waals surface area contributed by atoms with Gasteiger partial charge in [-0.3, -0.25) is 4.79 Å². The van der Waals surface area contributed by atoms with Crippen molar-refractivity contribution in [3.8, 4) is 11.5 Å². The number of likely N-dealkylation sites (tertiary alicyclic amines) is 1. The Morgan fingerprint density at radius 3 is 2.86 bits per heavy atom. The van der Waals surface area contributed by atoms with Crippen LogP contribution < -0.4 is 0 Å². The van der Waals surface area contributed by atoms with Crippen molar-refractivity contribution in [2.45, 2.75) is 18.9 Å². The Balaban J connectivity index is 1.67. The summed E-state index contributed by atoms with van der Waals surface area (Å²) >= 11 is 5.84. The molecule has 0 aliphatic carbocycles. The topological polar surface area (TPSA) is 66.6 Å². The van der Waals surface area contributed by atoms with Crippen molar-refractivity contribution in [1.29, 1.82) is 0 Å². The summed E-state index contributed by atoms with van der Waals surface area (Å²) in [5, 5.41) is 10.1. The van der Waals surface area contributed by atoms with Crippen molar-refractivity contribution < 1.29 is 14.3 Å². The molecule has 5 nitrogen and oxygen atoms in total. The Morgan fingerprint density at radius 2 is 2.19 bits per heavy atom. The summed E-state index contributed by atoms with van der Waals surface area (Å²) in [6, 6.07) is 7.16. The van der Waals surface area contributed by atoms with Gasteiger partial charge in [-0.25, -0.2) is 4.98 Å². The highest BCUT2D eigenvalue weighted by atomic mass is 35.5. The molecule has 1 aliphatic heterocycles. The number of oxazole rings is 1. The third-order valence-electron chi connectivity index (χ3n) is 3.49. The van der Waals surface area contributed by atoms with Gasteiger partial charge in [0.25, 0.3) is 0 Å². The number of aliphatic hydroxyl groups excluding tert-OH is 1. The lowest BCUT2D eigenvalue weighted by Gasteiger charge is -2.14. The first kappa shape index (κ1) is 14.1. The minimum Gasteiger partial charge on any atom is -0.444 e. The highest BCUT2D eigenvalue weighted by molar-refractivity contribution is 6.30. The van der Waals surface area contributed by atoms with Gasteiger partial charge in [0.1, 0.15) is 6.26 Å². The molecule has 1 aromatic carbocycles. The molecule has 0 radical (unpaired) electrons. The normalized spacial score (nSPS) is 18.2. The number of benzene rings is 1. The summed E-state index contributed by atoms with van der Waals surface area (Å²) in [6.45, 7) is 1.00. The molecule has 1 fully saturated rings. The largest absolute Gasteiger partial charge is 0.444 e. The van der Waals surface area contributed by atoms with Gasteiger partial charge < -0.3 is 14.4 Å². The minimum absolute atomic E-state index is 0.0393. The van der Waals surface area contributed by atoms with Crippen LogP contribution in [0.2, 0.25) is 5.02 Å². The summed E-state index contributed by atoms with van der Waals surface area (Å²) in [5.41, 5.74) is 1.40. The van der Waals surface area contributed by atoms with Gasteiger partial charge in [0.2, 0.25) is 11.8 Å². The fraction of sp³-hybridized carbons (Fsp3) is 0.333. The van der Waals surface area contributed by atoms with Crippen molar-refractivity contribution >= 4 is 17.5 Å². The second kappa shape index (κ2) is 5.87. The van der Waals surface area contributed by atoms with Crippen molar-refractivity contribution in [3.63, 3.8) is 0 Å². The van der Waals surface area contributed by atoms with Crippen molar-refractivity contribution in [2.24, 2.45) is 0 Å². The molecular weight excluding hydrogens is 292 g/mol. The lowest BCUT2D eigenvalue weighted by Crippen LogP contribution is -2.30. The van der Waals surface area contributed by atoms with Crippen LogP contribution in [0.5, 0.6) is 0 Å². The van der Waals surface area contributed by atoms with Crippen LogP contribution in [-0.4, -0.2) is 40.1 Å². The van der Waals surface area contributed by atoms with Gasteiger partial charge in [-0.2, -0.15) is 0 Å². The SMILES string of the molecule is O=C(Cc1coc(-c2ccc(Cl)cc2)n1)N1CC[C@@H](O)C1. The number of amides is 1. The molecule has 1 amide bonds. The zero-order valence-corrected chi connectivity index (χ0v) is 12.1. The third-order valence-corrected chi connectivity index (χ3v) is 3.74. The van der Waals surface area contributed by atoms with Gasteiger partial charge in [0.05, 0.1) is 18.2 Å². The molecule has 1 aromatic heterocycles. The van der Waals surface area contributed by atoms with E-state index in [-0.39, 0.29) is 12.3 Å². The summed E-state index contributed by atoms with van der Waals surface area (Å²) in [6.07, 6.45) is 1.91. The van der Waals surface area contributed by atoms with E-state index in [1.165, 1.54) is 6.26 Å². The molecule has 1 aliphatic rings. The maximum Gasteiger partial charge on any atom is 0.228 e. The van der Waals surface area contributed by atoms with Gasteiger partial charge in [0.15, 0.2) is 0 Å². The standard InChI is InChI=1S/C15H15ClN2O3/c16-11-3-1-10(2-4-11)15-17-12(9-21-15)7-14(20)18-6-5-13(19)8-18/h1-4,9,13,19H,5-8H2/t13-/m1/s1. The predicted octanol–water partition coefficient (Wildman–Crippen LogP) is 2.13. The Hall–Kier alpha value is -1.85. The van der Waals surface area contributed by atoms with Crippen LogP contribution in [-0.2, 0) is 11.2 Å². The molecule has 0 bridgehead atoms. The first-order chi connectivity index (χ1) is 10.1. The molecule has 21 heavy (non-hydrogen) atoms. The lowest BCUT2D eigenvalue weighted by atomic mass is 10.2. The number of aliphatic hydroxyl groups is 1. The van der Waals surface area contributed by atoms with E-state index in [2.05, 4.69) is 4.98 Å². The maximum atomic E-state index is 12.1. The second-order valence-corrected chi connectivity index (χ2v) is 5.55. The van der Waals surface area contributed by atoms with E-state index in [4.69, 9.17) is 16.0 Å². The van der Waals surface area contributed by atoms with Crippen LogP contribution in [0.25, 0.3) is 11.5 Å². The van der Waals surface area contributed by atoms with Crippen LogP contribution >= 0.6 is 11.6 Å². The van der Waals surface area contributed by atoms with Crippen LogP contribution in [0.3, 0.4) is 0 Å². The third kappa shape index (κ3) is 3.25. The Labute approximate surface area is 127 Å². The van der Waals surface area contributed by atoms with Crippen molar-refractivity contribution in [2.75, 3.05) is 13.1 Å². The predicted molar refractivity (Wildman–Crippen MR) is 77.9 cm³/mol. The van der Waals surface area contributed by atoms with Gasteiger partial charge >= 0.3 is 0 Å². The summed E-state index contributed by atoms with van der Waals surface area (Å²) in [5.74, 6) is 0.429. The molecular formula is C15H15ClN2O3. The lowest BCUT2D eigenvalue weighted by molar-refractivity contribution is -0.129. The van der Waals surface area contributed by atoms with E-state index < -0.39 is 6.10 Å². The molecule has 0 spiro atoms. The number of halogens is 1. The van der Waals surface area contributed by atoms with Gasteiger partial charge in [0, 0.05) is 23.7 Å². The van der Waals surface area contributed by atoms with Gasteiger partial charge in [-0.15, -0.1) is 0 Å². The van der Waals surface area contributed by atoms with E-state index in [0.717, 1.165) is 5.56 Å².